The number of aliphatic hydroxyl groups is 1. The van der Waals surface area contributed by atoms with Gasteiger partial charge in [-0.25, -0.2) is 4.98 Å². The number of aromatic amines is 1. The van der Waals surface area contributed by atoms with Crippen LogP contribution in [0.15, 0.2) is 6.33 Å². The Kier molecular flexibility index (Phi) is 3.01. The summed E-state index contributed by atoms with van der Waals surface area (Å²) in [7, 11) is 0. The molecular weight excluding hydrogens is 256 g/mol. The number of imidazole rings is 1. The van der Waals surface area contributed by atoms with Crippen LogP contribution in [0.1, 0.15) is 27.2 Å². The fraction of sp³-hybridized carbons (Fsp3) is 0.615. The minimum absolute atomic E-state index is 0.157. The van der Waals surface area contributed by atoms with Crippen LogP contribution >= 0.6 is 0 Å². The second kappa shape index (κ2) is 4.59. The molecule has 1 saturated carbocycles. The molecule has 2 aromatic heterocycles. The van der Waals surface area contributed by atoms with Crippen LogP contribution in [0.2, 0.25) is 0 Å². The first-order chi connectivity index (χ1) is 9.52. The first-order valence-corrected chi connectivity index (χ1v) is 6.92. The summed E-state index contributed by atoms with van der Waals surface area (Å²) in [5, 5.41) is 16.3. The summed E-state index contributed by atoms with van der Waals surface area (Å²) >= 11 is 0. The number of anilines is 2. The summed E-state index contributed by atoms with van der Waals surface area (Å²) in [6.07, 6.45) is 2.07. The summed E-state index contributed by atoms with van der Waals surface area (Å²) in [6.45, 7) is 6.85. The SMILES string of the molecule is CCNc1nc(NC2CC(O)C2(C)C)c2[nH]cnc2n1. The van der Waals surface area contributed by atoms with Gasteiger partial charge in [0.2, 0.25) is 5.95 Å². The lowest BCUT2D eigenvalue weighted by molar-refractivity contribution is -0.0511. The normalized spacial score (nSPS) is 24.4. The second-order valence-corrected chi connectivity index (χ2v) is 5.80. The highest BCUT2D eigenvalue weighted by Crippen LogP contribution is 2.42. The Morgan fingerprint density at radius 3 is 2.90 bits per heavy atom. The highest BCUT2D eigenvalue weighted by molar-refractivity contribution is 5.83. The van der Waals surface area contributed by atoms with Gasteiger partial charge in [-0.05, 0) is 13.3 Å². The topological polar surface area (TPSA) is 98.8 Å². The Labute approximate surface area is 117 Å². The largest absolute Gasteiger partial charge is 0.392 e. The molecule has 4 N–H and O–H groups in total. The molecule has 3 rings (SSSR count). The Morgan fingerprint density at radius 2 is 2.25 bits per heavy atom. The monoisotopic (exact) mass is 276 g/mol. The molecule has 1 aliphatic carbocycles. The molecule has 2 heterocycles. The van der Waals surface area contributed by atoms with E-state index in [1.807, 2.05) is 6.92 Å². The number of aromatic nitrogens is 4. The third-order valence-corrected chi connectivity index (χ3v) is 4.15. The van der Waals surface area contributed by atoms with E-state index < -0.39 is 0 Å². The van der Waals surface area contributed by atoms with Crippen molar-refractivity contribution in [3.8, 4) is 0 Å². The number of nitrogens with one attached hydrogen (secondary N) is 3. The van der Waals surface area contributed by atoms with Crippen LogP contribution in [0.3, 0.4) is 0 Å². The summed E-state index contributed by atoms with van der Waals surface area (Å²) in [5.41, 5.74) is 1.27. The van der Waals surface area contributed by atoms with Gasteiger partial charge in [-0.3, -0.25) is 0 Å². The minimum Gasteiger partial charge on any atom is -0.392 e. The third kappa shape index (κ3) is 1.98. The average molecular weight is 276 g/mol. The van der Waals surface area contributed by atoms with Gasteiger partial charge in [0.25, 0.3) is 0 Å². The van der Waals surface area contributed by atoms with E-state index in [0.717, 1.165) is 24.3 Å². The van der Waals surface area contributed by atoms with Gasteiger partial charge in [0.1, 0.15) is 5.52 Å². The van der Waals surface area contributed by atoms with Gasteiger partial charge in [0.15, 0.2) is 11.5 Å². The molecule has 20 heavy (non-hydrogen) atoms. The molecule has 0 radical (unpaired) electrons. The molecule has 1 aliphatic rings. The molecule has 0 aliphatic heterocycles. The number of fused-ring (bicyclic) bond motifs is 1. The van der Waals surface area contributed by atoms with E-state index in [1.54, 1.807) is 6.33 Å². The predicted molar refractivity (Wildman–Crippen MR) is 77.7 cm³/mol. The molecule has 2 aromatic rings. The number of nitrogens with zero attached hydrogens (tertiary/aromatic N) is 3. The van der Waals surface area contributed by atoms with Crippen molar-refractivity contribution in [2.24, 2.45) is 5.41 Å². The van der Waals surface area contributed by atoms with E-state index in [4.69, 9.17) is 0 Å². The lowest BCUT2D eigenvalue weighted by Gasteiger charge is -2.49. The highest BCUT2D eigenvalue weighted by atomic mass is 16.3. The molecule has 2 atom stereocenters. The number of H-pyrrole nitrogens is 1. The maximum absolute atomic E-state index is 9.83. The maximum Gasteiger partial charge on any atom is 0.226 e. The van der Waals surface area contributed by atoms with Gasteiger partial charge in [-0.2, -0.15) is 9.97 Å². The smallest absolute Gasteiger partial charge is 0.226 e. The van der Waals surface area contributed by atoms with Gasteiger partial charge in [0.05, 0.1) is 12.4 Å². The number of aliphatic hydroxyl groups excluding tert-OH is 1. The minimum atomic E-state index is -0.271. The molecule has 108 valence electrons. The molecule has 0 spiro atoms. The number of hydrogen-bond donors (Lipinski definition) is 4. The standard InChI is InChI=1S/C13H20N6O/c1-4-14-12-18-10-9(15-6-16-10)11(19-12)17-7-5-8(20)13(7,2)3/h6-8,20H,4-5H2,1-3H3,(H3,14,15,16,17,18,19). The Morgan fingerprint density at radius 1 is 1.45 bits per heavy atom. The highest BCUT2D eigenvalue weighted by Gasteiger charge is 2.47. The molecule has 0 aromatic carbocycles. The lowest BCUT2D eigenvalue weighted by Crippen LogP contribution is -2.57. The van der Waals surface area contributed by atoms with E-state index in [0.29, 0.717) is 11.6 Å². The first-order valence-electron chi connectivity index (χ1n) is 6.92. The van der Waals surface area contributed by atoms with Crippen LogP contribution in [-0.4, -0.2) is 43.7 Å². The van der Waals surface area contributed by atoms with Crippen molar-refractivity contribution in [3.05, 3.63) is 6.33 Å². The van der Waals surface area contributed by atoms with Crippen LogP contribution in [0.4, 0.5) is 11.8 Å². The molecule has 7 heteroatoms. The quantitative estimate of drug-likeness (QED) is 0.673. The first kappa shape index (κ1) is 13.1. The molecule has 1 fully saturated rings. The van der Waals surface area contributed by atoms with Crippen molar-refractivity contribution in [3.63, 3.8) is 0 Å². The Balaban J connectivity index is 1.92. The van der Waals surface area contributed by atoms with Crippen LogP contribution in [-0.2, 0) is 0 Å². The molecule has 7 nitrogen and oxygen atoms in total. The molecular formula is C13H20N6O. The zero-order valence-corrected chi connectivity index (χ0v) is 11.9. The van der Waals surface area contributed by atoms with E-state index in [1.165, 1.54) is 0 Å². The average Bonchev–Trinajstić information content (AvgIpc) is 2.87. The number of hydrogen-bond acceptors (Lipinski definition) is 6. The van der Waals surface area contributed by atoms with E-state index in [2.05, 4.69) is 44.4 Å². The summed E-state index contributed by atoms with van der Waals surface area (Å²) in [4.78, 5) is 16.1. The van der Waals surface area contributed by atoms with Crippen LogP contribution in [0.5, 0.6) is 0 Å². The molecule has 0 amide bonds. The zero-order chi connectivity index (χ0) is 14.3. The van der Waals surface area contributed by atoms with Gasteiger partial charge >= 0.3 is 0 Å². The zero-order valence-electron chi connectivity index (χ0n) is 11.9. The van der Waals surface area contributed by atoms with Crippen molar-refractivity contribution in [2.45, 2.75) is 39.3 Å². The second-order valence-electron chi connectivity index (χ2n) is 5.80. The van der Waals surface area contributed by atoms with E-state index in [9.17, 15) is 5.11 Å². The van der Waals surface area contributed by atoms with Crippen molar-refractivity contribution in [2.75, 3.05) is 17.2 Å². The van der Waals surface area contributed by atoms with Crippen LogP contribution in [0.25, 0.3) is 11.2 Å². The predicted octanol–water partition coefficient (Wildman–Crippen LogP) is 1.36. The number of rotatable bonds is 4. The van der Waals surface area contributed by atoms with Crippen molar-refractivity contribution >= 4 is 22.9 Å². The fourth-order valence-corrected chi connectivity index (χ4v) is 2.49. The summed E-state index contributed by atoms with van der Waals surface area (Å²) in [6, 6.07) is 0.188. The molecule has 0 saturated heterocycles. The third-order valence-electron chi connectivity index (χ3n) is 4.15. The lowest BCUT2D eigenvalue weighted by atomic mass is 9.64. The fourth-order valence-electron chi connectivity index (χ4n) is 2.49. The van der Waals surface area contributed by atoms with Crippen LogP contribution in [0, 0.1) is 5.41 Å². The molecule has 0 bridgehead atoms. The van der Waals surface area contributed by atoms with Gasteiger partial charge in [0, 0.05) is 18.0 Å². The maximum atomic E-state index is 9.83. The van der Waals surface area contributed by atoms with E-state index in [-0.39, 0.29) is 17.6 Å². The van der Waals surface area contributed by atoms with Crippen molar-refractivity contribution < 1.29 is 5.11 Å². The van der Waals surface area contributed by atoms with Gasteiger partial charge < -0.3 is 20.7 Å². The van der Waals surface area contributed by atoms with E-state index >= 15 is 0 Å². The van der Waals surface area contributed by atoms with Crippen molar-refractivity contribution in [1.82, 2.24) is 19.9 Å². The Bertz CT molecular complexity index is 622. The Hall–Kier alpha value is -1.89. The summed E-state index contributed by atoms with van der Waals surface area (Å²) in [5.74, 6) is 1.29. The van der Waals surface area contributed by atoms with Gasteiger partial charge in [-0.15, -0.1) is 0 Å². The molecule has 2 unspecified atom stereocenters. The van der Waals surface area contributed by atoms with Gasteiger partial charge in [-0.1, -0.05) is 13.8 Å². The van der Waals surface area contributed by atoms with Crippen molar-refractivity contribution in [1.29, 1.82) is 0 Å². The van der Waals surface area contributed by atoms with Crippen LogP contribution < -0.4 is 10.6 Å². The summed E-state index contributed by atoms with van der Waals surface area (Å²) < 4.78 is 0.